The number of aromatic nitrogens is 1. The molecule has 140 valence electrons. The first-order valence-corrected chi connectivity index (χ1v) is 8.59. The van der Waals surface area contributed by atoms with Gasteiger partial charge in [0.15, 0.2) is 11.5 Å². The average molecular weight is 376 g/mol. The summed E-state index contributed by atoms with van der Waals surface area (Å²) in [7, 11) is 0. The van der Waals surface area contributed by atoms with Crippen molar-refractivity contribution in [3.8, 4) is 11.9 Å². The predicted molar refractivity (Wildman–Crippen MR) is 103 cm³/mol. The van der Waals surface area contributed by atoms with Crippen molar-refractivity contribution in [3.05, 3.63) is 87.5 Å². The van der Waals surface area contributed by atoms with Crippen LogP contribution in [0.1, 0.15) is 16.7 Å². The maximum atomic E-state index is 13.8. The third kappa shape index (κ3) is 3.81. The molecule has 1 heterocycles. The largest absolute Gasteiger partial charge is 0.493 e. The van der Waals surface area contributed by atoms with E-state index in [9.17, 15) is 19.6 Å². The summed E-state index contributed by atoms with van der Waals surface area (Å²) in [6.07, 6.45) is 0.478. The minimum atomic E-state index is -0.593. The molecule has 0 atom stereocenters. The van der Waals surface area contributed by atoms with E-state index in [4.69, 9.17) is 0 Å². The van der Waals surface area contributed by atoms with E-state index in [0.29, 0.717) is 6.42 Å². The number of halogens is 1. The van der Waals surface area contributed by atoms with E-state index in [-0.39, 0.29) is 29.0 Å². The highest BCUT2D eigenvalue weighted by molar-refractivity contribution is 5.56. The smallest absolute Gasteiger partial charge is 0.281 e. The lowest BCUT2D eigenvalue weighted by atomic mass is 10.1. The van der Waals surface area contributed by atoms with Crippen LogP contribution in [0.25, 0.3) is 0 Å². The molecule has 2 aromatic carbocycles. The van der Waals surface area contributed by atoms with E-state index < -0.39 is 17.3 Å². The number of nitriles is 1. The molecular formula is C21H17FN4O2. The molecule has 0 saturated carbocycles. The summed E-state index contributed by atoms with van der Waals surface area (Å²) in [5, 5.41) is 27.5. The molecule has 0 amide bonds. The fourth-order valence-electron chi connectivity index (χ4n) is 2.79. The van der Waals surface area contributed by atoms with E-state index in [1.807, 2.05) is 36.4 Å². The Morgan fingerprint density at radius 1 is 1.11 bits per heavy atom. The second-order valence-corrected chi connectivity index (χ2v) is 6.13. The number of nitrogens with zero attached hydrogens (tertiary/aromatic N) is 4. The van der Waals surface area contributed by atoms with E-state index in [1.165, 1.54) is 25.1 Å². The Kier molecular flexibility index (Phi) is 5.61. The van der Waals surface area contributed by atoms with Crippen molar-refractivity contribution in [1.82, 2.24) is 4.57 Å². The molecule has 0 bridgehead atoms. The topological polar surface area (TPSA) is 90.7 Å². The zero-order chi connectivity index (χ0) is 20.1. The molecular weight excluding hydrogens is 359 g/mol. The zero-order valence-corrected chi connectivity index (χ0v) is 15.1. The lowest BCUT2D eigenvalue weighted by Gasteiger charge is -2.13. The number of hydrogen-bond acceptors (Lipinski definition) is 5. The number of azo groups is 1. The monoisotopic (exact) mass is 376 g/mol. The van der Waals surface area contributed by atoms with Gasteiger partial charge in [0.05, 0.1) is 0 Å². The first-order valence-electron chi connectivity index (χ1n) is 8.59. The van der Waals surface area contributed by atoms with E-state index in [2.05, 4.69) is 10.2 Å². The Balaban J connectivity index is 2.04. The van der Waals surface area contributed by atoms with Gasteiger partial charge in [0.2, 0.25) is 5.88 Å². The molecule has 1 aromatic heterocycles. The zero-order valence-electron chi connectivity index (χ0n) is 15.1. The van der Waals surface area contributed by atoms with Crippen molar-refractivity contribution in [1.29, 1.82) is 5.26 Å². The summed E-state index contributed by atoms with van der Waals surface area (Å²) in [6.45, 7) is 1.66. The van der Waals surface area contributed by atoms with E-state index in [0.717, 1.165) is 10.1 Å². The van der Waals surface area contributed by atoms with Crippen molar-refractivity contribution in [2.24, 2.45) is 10.2 Å². The molecule has 0 unspecified atom stereocenters. The summed E-state index contributed by atoms with van der Waals surface area (Å²) >= 11 is 0. The Labute approximate surface area is 160 Å². The number of hydrogen-bond donors (Lipinski definition) is 1. The lowest BCUT2D eigenvalue weighted by Crippen LogP contribution is -2.22. The summed E-state index contributed by atoms with van der Waals surface area (Å²) < 4.78 is 14.9. The fourth-order valence-corrected chi connectivity index (χ4v) is 2.79. The van der Waals surface area contributed by atoms with Gasteiger partial charge in [-0.1, -0.05) is 42.5 Å². The van der Waals surface area contributed by atoms with Gasteiger partial charge in [-0.25, -0.2) is 4.39 Å². The first kappa shape index (κ1) is 19.0. The average Bonchev–Trinajstić information content (AvgIpc) is 2.70. The Hall–Kier alpha value is -3.79. The number of rotatable bonds is 5. The predicted octanol–water partition coefficient (Wildman–Crippen LogP) is 4.53. The minimum Gasteiger partial charge on any atom is -0.493 e. The number of aromatic hydroxyl groups is 1. The van der Waals surface area contributed by atoms with Crippen LogP contribution in [0.2, 0.25) is 0 Å². The van der Waals surface area contributed by atoms with Gasteiger partial charge >= 0.3 is 0 Å². The lowest BCUT2D eigenvalue weighted by molar-refractivity contribution is 0.404. The van der Waals surface area contributed by atoms with Gasteiger partial charge in [0.25, 0.3) is 5.56 Å². The molecule has 0 aliphatic heterocycles. The molecule has 0 saturated heterocycles. The fraction of sp³-hybridized carbons (Fsp3) is 0.143. The molecule has 7 heteroatoms. The summed E-state index contributed by atoms with van der Waals surface area (Å²) in [4.78, 5) is 12.9. The first-order chi connectivity index (χ1) is 13.5. The van der Waals surface area contributed by atoms with Gasteiger partial charge in [-0.05, 0) is 31.0 Å². The minimum absolute atomic E-state index is 0.0243. The van der Waals surface area contributed by atoms with E-state index in [1.54, 1.807) is 6.07 Å². The summed E-state index contributed by atoms with van der Waals surface area (Å²) in [5.41, 5.74) is 0.387. The quantitative estimate of drug-likeness (QED) is 0.663. The van der Waals surface area contributed by atoms with Gasteiger partial charge in [0, 0.05) is 12.1 Å². The number of aryl methyl sites for hydroxylation is 1. The molecule has 3 aromatic rings. The van der Waals surface area contributed by atoms with Gasteiger partial charge < -0.3 is 5.11 Å². The van der Waals surface area contributed by atoms with Gasteiger partial charge in [-0.3, -0.25) is 9.36 Å². The van der Waals surface area contributed by atoms with Crippen LogP contribution in [-0.2, 0) is 13.0 Å². The SMILES string of the molecule is Cc1c(C#N)c(O)n(CCc2ccccc2)c(=O)c1N=Nc1ccccc1F. The van der Waals surface area contributed by atoms with Crippen LogP contribution in [-0.4, -0.2) is 9.67 Å². The molecule has 0 spiro atoms. The second kappa shape index (κ2) is 8.27. The van der Waals surface area contributed by atoms with Crippen molar-refractivity contribution in [2.45, 2.75) is 19.9 Å². The Bertz CT molecular complexity index is 1130. The van der Waals surface area contributed by atoms with Crippen molar-refractivity contribution in [3.63, 3.8) is 0 Å². The Morgan fingerprint density at radius 2 is 1.79 bits per heavy atom. The highest BCUT2D eigenvalue weighted by atomic mass is 19.1. The van der Waals surface area contributed by atoms with Crippen LogP contribution in [0.5, 0.6) is 5.88 Å². The molecule has 0 aliphatic rings. The molecule has 6 nitrogen and oxygen atoms in total. The van der Waals surface area contributed by atoms with Crippen LogP contribution < -0.4 is 5.56 Å². The van der Waals surface area contributed by atoms with Crippen molar-refractivity contribution < 1.29 is 9.50 Å². The Morgan fingerprint density at radius 3 is 2.46 bits per heavy atom. The van der Waals surface area contributed by atoms with Crippen LogP contribution in [0.4, 0.5) is 15.8 Å². The normalized spacial score (nSPS) is 10.9. The molecule has 28 heavy (non-hydrogen) atoms. The number of benzene rings is 2. The second-order valence-electron chi connectivity index (χ2n) is 6.13. The van der Waals surface area contributed by atoms with Crippen LogP contribution >= 0.6 is 0 Å². The molecule has 0 radical (unpaired) electrons. The van der Waals surface area contributed by atoms with Gasteiger partial charge in [-0.15, -0.1) is 10.2 Å². The maximum Gasteiger partial charge on any atom is 0.281 e. The standard InChI is InChI=1S/C21H17FN4O2/c1-14-16(13-23)20(27)26(12-11-15-7-3-2-4-8-15)21(28)19(14)25-24-18-10-6-5-9-17(18)22/h2-10,27H,11-12H2,1H3. The van der Waals surface area contributed by atoms with Gasteiger partial charge in [-0.2, -0.15) is 5.26 Å². The summed E-state index contributed by atoms with van der Waals surface area (Å²) in [6, 6.07) is 17.1. The molecule has 0 fully saturated rings. The molecule has 3 rings (SSSR count). The number of pyridine rings is 1. The van der Waals surface area contributed by atoms with Crippen molar-refractivity contribution >= 4 is 11.4 Å². The third-order valence-corrected chi connectivity index (χ3v) is 4.35. The molecule has 0 aliphatic carbocycles. The van der Waals surface area contributed by atoms with Gasteiger partial charge in [0.1, 0.15) is 17.3 Å². The maximum absolute atomic E-state index is 13.8. The highest BCUT2D eigenvalue weighted by Crippen LogP contribution is 2.27. The van der Waals surface area contributed by atoms with Crippen LogP contribution in [0.3, 0.4) is 0 Å². The van der Waals surface area contributed by atoms with E-state index >= 15 is 0 Å². The third-order valence-electron chi connectivity index (χ3n) is 4.35. The van der Waals surface area contributed by atoms with Crippen molar-refractivity contribution in [2.75, 3.05) is 0 Å². The molecule has 1 N–H and O–H groups in total. The summed E-state index contributed by atoms with van der Waals surface area (Å²) in [5.74, 6) is -0.988. The van der Waals surface area contributed by atoms with Crippen LogP contribution in [0.15, 0.2) is 69.6 Å². The van der Waals surface area contributed by atoms with Crippen LogP contribution in [0, 0.1) is 24.1 Å². The highest BCUT2D eigenvalue weighted by Gasteiger charge is 2.19.